The van der Waals surface area contributed by atoms with E-state index in [2.05, 4.69) is 5.32 Å². The maximum atomic E-state index is 12.4. The van der Waals surface area contributed by atoms with Gasteiger partial charge in [-0.3, -0.25) is 4.79 Å². The summed E-state index contributed by atoms with van der Waals surface area (Å²) in [7, 11) is 0. The summed E-state index contributed by atoms with van der Waals surface area (Å²) >= 11 is 0. The molecule has 1 unspecified atom stereocenters. The molecule has 0 aromatic rings. The molecular weight excluding hydrogens is 196 g/mol. The minimum absolute atomic E-state index is 0.468. The van der Waals surface area contributed by atoms with Crippen molar-refractivity contribution < 1.29 is 23.5 Å². The average Bonchev–Trinajstić information content (AvgIpc) is 1.94. The quantitative estimate of drug-likeness (QED) is 0.713. The molecule has 1 aliphatic rings. The van der Waals surface area contributed by atoms with E-state index in [0.29, 0.717) is 0 Å². The Morgan fingerprint density at radius 3 is 2.29 bits per heavy atom. The van der Waals surface area contributed by atoms with Crippen LogP contribution in [0.25, 0.3) is 0 Å². The number of nitrogens with one attached hydrogen (secondary N) is 1. The second-order valence-corrected chi connectivity index (χ2v) is 3.54. The van der Waals surface area contributed by atoms with Gasteiger partial charge in [-0.2, -0.15) is 0 Å². The highest BCUT2D eigenvalue weighted by molar-refractivity contribution is 5.82. The molecule has 1 fully saturated rings. The Morgan fingerprint density at radius 1 is 1.50 bits per heavy atom. The number of hydrogen-bond acceptors (Lipinski definition) is 2. The second kappa shape index (κ2) is 3.51. The molecule has 1 rings (SSSR count). The number of hydrogen-bond donors (Lipinski definition) is 2. The lowest BCUT2D eigenvalue weighted by molar-refractivity contribution is -0.155. The minimum Gasteiger partial charge on any atom is -0.480 e. The monoisotopic (exact) mass is 207 g/mol. The van der Waals surface area contributed by atoms with Crippen molar-refractivity contribution in [3.8, 4) is 0 Å². The molecule has 1 saturated carbocycles. The van der Waals surface area contributed by atoms with Crippen molar-refractivity contribution in [1.82, 2.24) is 5.32 Å². The van der Waals surface area contributed by atoms with Crippen LogP contribution in [0.2, 0.25) is 0 Å². The van der Waals surface area contributed by atoms with Crippen LogP contribution in [0, 0.1) is 5.92 Å². The zero-order valence-electron chi connectivity index (χ0n) is 7.59. The molecule has 0 heterocycles. The number of aliphatic carboxylic acids is 1. The number of carbonyl (C=O) groups excluding carboxylic acids is 1. The molecule has 6 heteroatoms. The van der Waals surface area contributed by atoms with Gasteiger partial charge in [0.2, 0.25) is 11.8 Å². The van der Waals surface area contributed by atoms with Crippen LogP contribution in [0.1, 0.15) is 19.8 Å². The van der Waals surface area contributed by atoms with Crippen molar-refractivity contribution in [2.24, 2.45) is 5.92 Å². The number of halogens is 2. The van der Waals surface area contributed by atoms with E-state index >= 15 is 0 Å². The Kier molecular flexibility index (Phi) is 2.73. The standard InChI is InChI=1S/C8H11F2NO3/c1-4(12)11-6(7(13)14)5-2-8(9,10)3-5/h5-6H,2-3H2,1H3,(H,11,12)(H,13,14). The Hall–Kier alpha value is -1.20. The number of rotatable bonds is 3. The molecule has 0 saturated heterocycles. The van der Waals surface area contributed by atoms with Gasteiger partial charge < -0.3 is 10.4 Å². The molecule has 0 spiro atoms. The van der Waals surface area contributed by atoms with Crippen LogP contribution in [0.3, 0.4) is 0 Å². The first-order chi connectivity index (χ1) is 6.32. The summed E-state index contributed by atoms with van der Waals surface area (Å²) in [6.45, 7) is 1.16. The first-order valence-corrected chi connectivity index (χ1v) is 4.19. The maximum Gasteiger partial charge on any atom is 0.326 e. The summed E-state index contributed by atoms with van der Waals surface area (Å²) in [5.74, 6) is -5.21. The molecule has 1 aliphatic carbocycles. The van der Waals surface area contributed by atoms with Crippen molar-refractivity contribution >= 4 is 11.9 Å². The third kappa shape index (κ3) is 2.40. The molecule has 0 aromatic carbocycles. The van der Waals surface area contributed by atoms with E-state index in [0.717, 1.165) is 6.92 Å². The fourth-order valence-electron chi connectivity index (χ4n) is 1.54. The zero-order valence-corrected chi connectivity index (χ0v) is 7.59. The highest BCUT2D eigenvalue weighted by Gasteiger charge is 2.50. The van der Waals surface area contributed by atoms with Gasteiger partial charge in [-0.05, 0) is 0 Å². The Balaban J connectivity index is 2.54. The summed E-state index contributed by atoms with van der Waals surface area (Å²) in [5.41, 5.74) is 0. The third-order valence-electron chi connectivity index (χ3n) is 2.22. The van der Waals surface area contributed by atoms with E-state index in [1.807, 2.05) is 0 Å². The van der Waals surface area contributed by atoms with E-state index < -0.39 is 42.6 Å². The molecule has 2 N–H and O–H groups in total. The van der Waals surface area contributed by atoms with Gasteiger partial charge in [0.25, 0.3) is 0 Å². The molecule has 14 heavy (non-hydrogen) atoms. The van der Waals surface area contributed by atoms with Gasteiger partial charge in [0.15, 0.2) is 0 Å². The van der Waals surface area contributed by atoms with Gasteiger partial charge in [0.1, 0.15) is 6.04 Å². The van der Waals surface area contributed by atoms with Gasteiger partial charge in [-0.15, -0.1) is 0 Å². The summed E-state index contributed by atoms with van der Waals surface area (Å²) in [6.07, 6.45) is -0.936. The maximum absolute atomic E-state index is 12.4. The molecule has 0 aliphatic heterocycles. The van der Waals surface area contributed by atoms with Gasteiger partial charge in [-0.1, -0.05) is 0 Å². The number of alkyl halides is 2. The van der Waals surface area contributed by atoms with Crippen LogP contribution in [-0.4, -0.2) is 28.9 Å². The van der Waals surface area contributed by atoms with E-state index in [4.69, 9.17) is 5.11 Å². The molecule has 0 radical (unpaired) electrons. The van der Waals surface area contributed by atoms with Crippen LogP contribution in [0.15, 0.2) is 0 Å². The van der Waals surface area contributed by atoms with E-state index in [-0.39, 0.29) is 0 Å². The summed E-state index contributed by atoms with van der Waals surface area (Å²) in [4.78, 5) is 21.2. The molecular formula is C8H11F2NO3. The van der Waals surface area contributed by atoms with Crippen LogP contribution in [0.5, 0.6) is 0 Å². The highest BCUT2D eigenvalue weighted by atomic mass is 19.3. The second-order valence-electron chi connectivity index (χ2n) is 3.54. The first-order valence-electron chi connectivity index (χ1n) is 4.19. The van der Waals surface area contributed by atoms with E-state index in [1.165, 1.54) is 0 Å². The average molecular weight is 207 g/mol. The predicted molar refractivity (Wildman–Crippen MR) is 42.9 cm³/mol. The molecule has 0 aromatic heterocycles. The van der Waals surface area contributed by atoms with Gasteiger partial charge in [-0.25, -0.2) is 13.6 Å². The topological polar surface area (TPSA) is 66.4 Å². The largest absolute Gasteiger partial charge is 0.480 e. The smallest absolute Gasteiger partial charge is 0.326 e. The summed E-state index contributed by atoms with van der Waals surface area (Å²) in [5, 5.41) is 10.8. The summed E-state index contributed by atoms with van der Waals surface area (Å²) in [6, 6.07) is -1.19. The number of amides is 1. The van der Waals surface area contributed by atoms with Crippen molar-refractivity contribution in [3.63, 3.8) is 0 Å². The number of carboxylic acids is 1. The highest BCUT2D eigenvalue weighted by Crippen LogP contribution is 2.44. The Morgan fingerprint density at radius 2 is 2.00 bits per heavy atom. The van der Waals surface area contributed by atoms with Gasteiger partial charge in [0.05, 0.1) is 0 Å². The lowest BCUT2D eigenvalue weighted by Gasteiger charge is -2.38. The molecule has 1 amide bonds. The van der Waals surface area contributed by atoms with Crippen LogP contribution in [-0.2, 0) is 9.59 Å². The summed E-state index contributed by atoms with van der Waals surface area (Å²) < 4.78 is 24.9. The van der Waals surface area contributed by atoms with Crippen LogP contribution < -0.4 is 5.32 Å². The Bertz CT molecular complexity index is 259. The van der Waals surface area contributed by atoms with Gasteiger partial charge >= 0.3 is 5.97 Å². The lowest BCUT2D eigenvalue weighted by atomic mass is 9.76. The molecule has 80 valence electrons. The van der Waals surface area contributed by atoms with E-state index in [1.54, 1.807) is 0 Å². The fourth-order valence-corrected chi connectivity index (χ4v) is 1.54. The van der Waals surface area contributed by atoms with Crippen LogP contribution in [0.4, 0.5) is 8.78 Å². The van der Waals surface area contributed by atoms with Crippen molar-refractivity contribution in [2.75, 3.05) is 0 Å². The zero-order chi connectivity index (χ0) is 10.9. The molecule has 4 nitrogen and oxygen atoms in total. The SMILES string of the molecule is CC(=O)NC(C(=O)O)C1CC(F)(F)C1. The minimum atomic E-state index is -2.77. The van der Waals surface area contributed by atoms with E-state index in [9.17, 15) is 18.4 Å². The van der Waals surface area contributed by atoms with Crippen molar-refractivity contribution in [1.29, 1.82) is 0 Å². The molecule has 0 bridgehead atoms. The predicted octanol–water partition coefficient (Wildman–Crippen LogP) is 0.621. The normalized spacial score (nSPS) is 22.2. The number of carboxylic acid groups (broad SMARTS) is 1. The number of carbonyl (C=O) groups is 2. The fraction of sp³-hybridized carbons (Fsp3) is 0.750. The third-order valence-corrected chi connectivity index (χ3v) is 2.22. The van der Waals surface area contributed by atoms with Crippen molar-refractivity contribution in [2.45, 2.75) is 31.7 Å². The first kappa shape index (κ1) is 10.9. The Labute approximate surface area is 79.3 Å². The van der Waals surface area contributed by atoms with Crippen LogP contribution >= 0.6 is 0 Å². The van der Waals surface area contributed by atoms with Crippen molar-refractivity contribution in [3.05, 3.63) is 0 Å². The van der Waals surface area contributed by atoms with Gasteiger partial charge in [0, 0.05) is 25.7 Å². The molecule has 1 atom stereocenters. The lowest BCUT2D eigenvalue weighted by Crippen LogP contribution is -2.52.